The zero-order chi connectivity index (χ0) is 21.0. The number of halogens is 3. The number of pyridine rings is 1. The lowest BCUT2D eigenvalue weighted by molar-refractivity contribution is -0.117. The molecule has 0 radical (unpaired) electrons. The number of hydrogen-bond donors (Lipinski definition) is 4. The van der Waals surface area contributed by atoms with Crippen LogP contribution in [0.5, 0.6) is 0 Å². The number of H-pyrrole nitrogens is 1. The molecule has 11 heteroatoms. The van der Waals surface area contributed by atoms with E-state index < -0.39 is 17.9 Å². The first-order valence-corrected chi connectivity index (χ1v) is 9.57. The van der Waals surface area contributed by atoms with Gasteiger partial charge in [0, 0.05) is 30.3 Å². The molecule has 1 aliphatic carbocycles. The minimum absolute atomic E-state index is 0.0539. The fourth-order valence-electron chi connectivity index (χ4n) is 3.50. The molecule has 0 aliphatic heterocycles. The third-order valence-electron chi connectivity index (χ3n) is 5.09. The van der Waals surface area contributed by atoms with Crippen molar-refractivity contribution in [2.45, 2.75) is 12.6 Å². The number of alkyl halides is 1. The summed E-state index contributed by atoms with van der Waals surface area (Å²) in [5.74, 6) is -1.30. The molecule has 0 spiro atoms. The average molecular weight is 432 g/mol. The van der Waals surface area contributed by atoms with Crippen molar-refractivity contribution >= 4 is 45.4 Å². The Bertz CT molecular complexity index is 1300. The zero-order valence-corrected chi connectivity index (χ0v) is 16.4. The van der Waals surface area contributed by atoms with Crippen LogP contribution in [-0.4, -0.2) is 38.9 Å². The number of nitrogens with zero attached hydrogens (tertiary/aromatic N) is 3. The Morgan fingerprint density at radius 1 is 1.40 bits per heavy atom. The largest absolute Gasteiger partial charge is 0.317 e. The summed E-state index contributed by atoms with van der Waals surface area (Å²) in [7, 11) is 1.62. The Morgan fingerprint density at radius 2 is 2.20 bits per heavy atom. The highest BCUT2D eigenvalue weighted by Crippen LogP contribution is 2.41. The first kappa shape index (κ1) is 18.8. The quantitative estimate of drug-likeness (QED) is 0.362. The smallest absolute Gasteiger partial charge is 0.231 e. The molecule has 0 bridgehead atoms. The second-order valence-electron chi connectivity index (χ2n) is 7.07. The van der Waals surface area contributed by atoms with Crippen LogP contribution in [0.2, 0.25) is 5.02 Å². The Morgan fingerprint density at radius 3 is 2.93 bits per heavy atom. The fourth-order valence-corrected chi connectivity index (χ4v) is 3.81. The van der Waals surface area contributed by atoms with Gasteiger partial charge in [-0.2, -0.15) is 10.2 Å². The summed E-state index contributed by atoms with van der Waals surface area (Å²) in [4.78, 5) is 12.0. The molecule has 2 atom stereocenters. The third-order valence-corrected chi connectivity index (χ3v) is 5.45. The van der Waals surface area contributed by atoms with Crippen LogP contribution < -0.4 is 16.2 Å². The summed E-state index contributed by atoms with van der Waals surface area (Å²) >= 11 is 6.39. The van der Waals surface area contributed by atoms with Gasteiger partial charge in [0.15, 0.2) is 11.6 Å². The van der Waals surface area contributed by atoms with Crippen molar-refractivity contribution in [3.8, 4) is 11.1 Å². The molecule has 0 saturated heterocycles. The van der Waals surface area contributed by atoms with Crippen LogP contribution in [0.3, 0.4) is 0 Å². The highest BCUT2D eigenvalue weighted by atomic mass is 35.5. The van der Waals surface area contributed by atoms with Crippen molar-refractivity contribution in [1.82, 2.24) is 25.2 Å². The Labute approximate surface area is 173 Å². The van der Waals surface area contributed by atoms with Crippen LogP contribution in [0.4, 0.5) is 20.3 Å². The van der Waals surface area contributed by atoms with Crippen LogP contribution in [0.1, 0.15) is 6.42 Å². The number of anilines is 2. The molecule has 1 saturated carbocycles. The summed E-state index contributed by atoms with van der Waals surface area (Å²) in [5, 5.41) is 14.3. The highest BCUT2D eigenvalue weighted by molar-refractivity contribution is 6.36. The molecule has 1 fully saturated rings. The SMILES string of the molecule is CNNc1c(F)c(Cl)c(-c2ccn3nc(NC(=O)[C@@H]4C[C@@H]4F)cc3c2)c2cn[nH]c12. The highest BCUT2D eigenvalue weighted by Gasteiger charge is 2.43. The van der Waals surface area contributed by atoms with Crippen LogP contribution >= 0.6 is 11.6 Å². The van der Waals surface area contributed by atoms with Crippen LogP contribution in [-0.2, 0) is 4.79 Å². The van der Waals surface area contributed by atoms with E-state index in [0.717, 1.165) is 0 Å². The maximum Gasteiger partial charge on any atom is 0.231 e. The number of hydrazine groups is 1. The maximum absolute atomic E-state index is 14.9. The molecule has 1 aliphatic rings. The van der Waals surface area contributed by atoms with Gasteiger partial charge < -0.3 is 10.7 Å². The van der Waals surface area contributed by atoms with E-state index in [9.17, 15) is 13.6 Å². The monoisotopic (exact) mass is 431 g/mol. The van der Waals surface area contributed by atoms with Crippen molar-refractivity contribution in [1.29, 1.82) is 0 Å². The number of benzene rings is 1. The van der Waals surface area contributed by atoms with Gasteiger partial charge in [-0.05, 0) is 24.1 Å². The second-order valence-corrected chi connectivity index (χ2v) is 7.45. The van der Waals surface area contributed by atoms with E-state index in [-0.39, 0.29) is 23.0 Å². The lowest BCUT2D eigenvalue weighted by Crippen LogP contribution is -2.16. The van der Waals surface area contributed by atoms with Crippen molar-refractivity contribution < 1.29 is 13.6 Å². The summed E-state index contributed by atoms with van der Waals surface area (Å²) in [6.45, 7) is 0. The standard InChI is InChI=1S/C19H16ClF2N7O/c1-23-26-18-16(22)15(20)14(11-7-24-27-17(11)18)8-2-3-29-9(4-8)5-13(28-29)25-19(30)10-6-12(10)21/h2-5,7,10,12,23,26H,6H2,1H3,(H,24,27)(H,25,28,30)/t10-,12+/m1/s1. The molecule has 5 rings (SSSR count). The van der Waals surface area contributed by atoms with Crippen molar-refractivity contribution in [3.63, 3.8) is 0 Å². The molecule has 0 unspecified atom stereocenters. The molecule has 3 heterocycles. The van der Waals surface area contributed by atoms with Crippen LogP contribution in [0.15, 0.2) is 30.6 Å². The van der Waals surface area contributed by atoms with Crippen molar-refractivity contribution in [2.75, 3.05) is 17.8 Å². The number of hydrogen-bond acceptors (Lipinski definition) is 5. The molecule has 1 amide bonds. The van der Waals surface area contributed by atoms with Gasteiger partial charge in [-0.15, -0.1) is 0 Å². The van der Waals surface area contributed by atoms with Crippen molar-refractivity contribution in [2.24, 2.45) is 5.92 Å². The normalized spacial score (nSPS) is 18.1. The lowest BCUT2D eigenvalue weighted by Gasteiger charge is -2.13. The van der Waals surface area contributed by atoms with Gasteiger partial charge in [0.25, 0.3) is 0 Å². The van der Waals surface area contributed by atoms with E-state index in [1.165, 1.54) is 0 Å². The number of nitrogens with one attached hydrogen (secondary N) is 4. The molecule has 1 aromatic carbocycles. The van der Waals surface area contributed by atoms with Gasteiger partial charge in [-0.3, -0.25) is 9.89 Å². The number of amides is 1. The van der Waals surface area contributed by atoms with Crippen LogP contribution in [0.25, 0.3) is 27.5 Å². The topological polar surface area (TPSA) is 99.1 Å². The first-order valence-electron chi connectivity index (χ1n) is 9.19. The number of carbonyl (C=O) groups is 1. The summed E-state index contributed by atoms with van der Waals surface area (Å²) in [5.41, 5.74) is 7.83. The zero-order valence-electron chi connectivity index (χ0n) is 15.6. The first-order chi connectivity index (χ1) is 14.5. The molecule has 3 aromatic heterocycles. The Hall–Kier alpha value is -3.24. The van der Waals surface area contributed by atoms with Gasteiger partial charge in [0.2, 0.25) is 5.91 Å². The molecule has 154 valence electrons. The molecule has 30 heavy (non-hydrogen) atoms. The number of aromatic amines is 1. The van der Waals surface area contributed by atoms with Gasteiger partial charge in [-0.25, -0.2) is 18.7 Å². The minimum Gasteiger partial charge on any atom is -0.317 e. The molecule has 4 N–H and O–H groups in total. The number of fused-ring (bicyclic) bond motifs is 2. The lowest BCUT2D eigenvalue weighted by atomic mass is 10.0. The maximum atomic E-state index is 14.9. The van der Waals surface area contributed by atoms with Gasteiger partial charge >= 0.3 is 0 Å². The second kappa shape index (κ2) is 6.92. The van der Waals surface area contributed by atoms with Gasteiger partial charge in [-0.1, -0.05) is 11.6 Å². The van der Waals surface area contributed by atoms with E-state index in [0.29, 0.717) is 33.4 Å². The van der Waals surface area contributed by atoms with E-state index in [2.05, 4.69) is 31.5 Å². The number of rotatable bonds is 5. The van der Waals surface area contributed by atoms with Crippen molar-refractivity contribution in [3.05, 3.63) is 41.4 Å². The average Bonchev–Trinajstić information content (AvgIpc) is 3.11. The van der Waals surface area contributed by atoms with E-state index >= 15 is 0 Å². The van der Waals surface area contributed by atoms with E-state index in [1.54, 1.807) is 42.2 Å². The summed E-state index contributed by atoms with van der Waals surface area (Å²) in [6.07, 6.45) is 2.41. The summed E-state index contributed by atoms with van der Waals surface area (Å²) in [6, 6.07) is 5.17. The Kier molecular flexibility index (Phi) is 4.33. The molecule has 8 nitrogen and oxygen atoms in total. The predicted octanol–water partition coefficient (Wildman–Crippen LogP) is 3.51. The number of aromatic nitrogens is 4. The Balaban J connectivity index is 1.57. The fraction of sp³-hybridized carbons (Fsp3) is 0.211. The molecule has 4 aromatic rings. The predicted molar refractivity (Wildman–Crippen MR) is 110 cm³/mol. The van der Waals surface area contributed by atoms with Gasteiger partial charge in [0.05, 0.1) is 28.2 Å². The number of carbonyl (C=O) groups excluding carboxylic acids is 1. The van der Waals surface area contributed by atoms with E-state index in [1.807, 2.05) is 0 Å². The van der Waals surface area contributed by atoms with Gasteiger partial charge in [0.1, 0.15) is 11.9 Å². The molecular formula is C19H16ClF2N7O. The van der Waals surface area contributed by atoms with Crippen LogP contribution in [0, 0.1) is 11.7 Å². The minimum atomic E-state index is -1.08. The van der Waals surface area contributed by atoms with E-state index in [4.69, 9.17) is 11.6 Å². The third kappa shape index (κ3) is 2.96. The summed E-state index contributed by atoms with van der Waals surface area (Å²) < 4.78 is 29.6. The molecular weight excluding hydrogens is 416 g/mol.